The molecular formula is C25H23FN2O4. The van der Waals surface area contributed by atoms with Gasteiger partial charge in [-0.25, -0.2) is 4.39 Å². The topological polar surface area (TPSA) is 68.2 Å². The van der Waals surface area contributed by atoms with E-state index >= 15 is 0 Å². The predicted octanol–water partition coefficient (Wildman–Crippen LogP) is 3.94. The molecule has 4 atom stereocenters. The zero-order valence-electron chi connectivity index (χ0n) is 17.6. The van der Waals surface area contributed by atoms with Gasteiger partial charge in [0.1, 0.15) is 12.4 Å². The lowest BCUT2D eigenvalue weighted by atomic mass is 9.85. The molecule has 2 amide bonds. The van der Waals surface area contributed by atoms with Crippen LogP contribution in [0.1, 0.15) is 24.5 Å². The predicted molar refractivity (Wildman–Crippen MR) is 116 cm³/mol. The monoisotopic (exact) mass is 434 g/mol. The lowest BCUT2D eigenvalue weighted by Gasteiger charge is -2.13. The summed E-state index contributed by atoms with van der Waals surface area (Å²) in [7, 11) is 0. The Morgan fingerprint density at radius 1 is 1.03 bits per heavy atom. The van der Waals surface area contributed by atoms with Crippen molar-refractivity contribution in [2.75, 3.05) is 6.61 Å². The number of carbonyl (C=O) groups is 2. The summed E-state index contributed by atoms with van der Waals surface area (Å²) in [5.74, 6) is -0.0722. The number of hydrogen-bond acceptors (Lipinski definition) is 5. The average Bonchev–Trinajstić information content (AvgIpc) is 3.47. The number of amides is 2. The molecule has 1 saturated heterocycles. The number of carbonyl (C=O) groups excluding carboxylic acids is 2. The number of imide groups is 1. The number of halogens is 1. The van der Waals surface area contributed by atoms with Crippen LogP contribution in [-0.4, -0.2) is 29.6 Å². The van der Waals surface area contributed by atoms with Crippen molar-refractivity contribution in [2.45, 2.75) is 20.0 Å². The third-order valence-electron chi connectivity index (χ3n) is 6.38. The first-order valence-electron chi connectivity index (χ1n) is 10.8. The van der Waals surface area contributed by atoms with Crippen molar-refractivity contribution in [2.24, 2.45) is 28.8 Å². The van der Waals surface area contributed by atoms with Crippen LogP contribution in [0.5, 0.6) is 11.5 Å². The molecule has 2 bridgehead atoms. The maximum Gasteiger partial charge on any atom is 0.254 e. The largest absolute Gasteiger partial charge is 0.490 e. The molecule has 6 nitrogen and oxygen atoms in total. The van der Waals surface area contributed by atoms with Gasteiger partial charge >= 0.3 is 0 Å². The van der Waals surface area contributed by atoms with E-state index in [1.807, 2.05) is 6.92 Å². The van der Waals surface area contributed by atoms with Crippen LogP contribution in [0.3, 0.4) is 0 Å². The molecule has 1 heterocycles. The average molecular weight is 434 g/mol. The Balaban J connectivity index is 1.32. The van der Waals surface area contributed by atoms with E-state index in [9.17, 15) is 14.0 Å². The Hall–Kier alpha value is -3.48. The fourth-order valence-corrected chi connectivity index (χ4v) is 4.89. The first-order chi connectivity index (χ1) is 15.6. The zero-order chi connectivity index (χ0) is 22.2. The van der Waals surface area contributed by atoms with Gasteiger partial charge in [-0.05, 0) is 55.0 Å². The highest BCUT2D eigenvalue weighted by atomic mass is 19.1. The number of hydrazone groups is 1. The maximum atomic E-state index is 13.9. The molecule has 2 aromatic carbocycles. The van der Waals surface area contributed by atoms with E-state index in [2.05, 4.69) is 17.3 Å². The molecule has 32 heavy (non-hydrogen) atoms. The molecule has 3 aliphatic rings. The first-order valence-corrected chi connectivity index (χ1v) is 10.8. The molecular weight excluding hydrogens is 411 g/mol. The Morgan fingerprint density at radius 2 is 1.75 bits per heavy atom. The summed E-state index contributed by atoms with van der Waals surface area (Å²) in [6, 6.07) is 11.6. The lowest BCUT2D eigenvalue weighted by molar-refractivity contribution is -0.140. The van der Waals surface area contributed by atoms with Crippen LogP contribution >= 0.6 is 0 Å². The number of benzene rings is 2. The van der Waals surface area contributed by atoms with Gasteiger partial charge in [-0.15, -0.1) is 0 Å². The minimum atomic E-state index is -0.331. The maximum absolute atomic E-state index is 13.9. The fourth-order valence-electron chi connectivity index (χ4n) is 4.89. The van der Waals surface area contributed by atoms with Crippen molar-refractivity contribution in [3.63, 3.8) is 0 Å². The second kappa shape index (κ2) is 8.22. The van der Waals surface area contributed by atoms with E-state index in [-0.39, 0.29) is 47.9 Å². The Bertz CT molecular complexity index is 1100. The van der Waals surface area contributed by atoms with Crippen LogP contribution in [0.15, 0.2) is 59.7 Å². The summed E-state index contributed by atoms with van der Waals surface area (Å²) >= 11 is 0. The lowest BCUT2D eigenvalue weighted by Crippen LogP contribution is -2.28. The van der Waals surface area contributed by atoms with Crippen LogP contribution in [0, 0.1) is 29.5 Å². The molecule has 2 aromatic rings. The normalized spacial score (nSPS) is 25.8. The molecule has 5 rings (SSSR count). The fraction of sp³-hybridized carbons (Fsp3) is 0.320. The summed E-state index contributed by atoms with van der Waals surface area (Å²) in [4.78, 5) is 25.5. The van der Waals surface area contributed by atoms with Gasteiger partial charge in [-0.1, -0.05) is 30.4 Å². The van der Waals surface area contributed by atoms with Crippen LogP contribution in [0.25, 0.3) is 0 Å². The number of allylic oxidation sites excluding steroid dienone is 2. The summed E-state index contributed by atoms with van der Waals surface area (Å²) in [6.45, 7) is 2.33. The van der Waals surface area contributed by atoms with Gasteiger partial charge in [0, 0.05) is 5.56 Å². The van der Waals surface area contributed by atoms with E-state index in [0.29, 0.717) is 29.2 Å². The van der Waals surface area contributed by atoms with Crippen LogP contribution in [0.4, 0.5) is 4.39 Å². The molecule has 2 fully saturated rings. The van der Waals surface area contributed by atoms with Gasteiger partial charge in [-0.2, -0.15) is 10.1 Å². The van der Waals surface area contributed by atoms with Crippen molar-refractivity contribution < 1.29 is 23.5 Å². The van der Waals surface area contributed by atoms with Crippen molar-refractivity contribution in [1.82, 2.24) is 5.01 Å². The Labute approximate surface area is 185 Å². The molecule has 164 valence electrons. The van der Waals surface area contributed by atoms with Crippen molar-refractivity contribution in [3.05, 3.63) is 71.6 Å². The Kier molecular flexibility index (Phi) is 5.25. The highest BCUT2D eigenvalue weighted by molar-refractivity contribution is 6.06. The van der Waals surface area contributed by atoms with Crippen LogP contribution in [-0.2, 0) is 16.2 Å². The minimum Gasteiger partial charge on any atom is -0.490 e. The molecule has 0 spiro atoms. The van der Waals surface area contributed by atoms with Gasteiger partial charge < -0.3 is 9.47 Å². The van der Waals surface area contributed by atoms with Gasteiger partial charge in [0.15, 0.2) is 11.5 Å². The van der Waals surface area contributed by atoms with E-state index in [4.69, 9.17) is 9.47 Å². The second-order valence-electron chi connectivity index (χ2n) is 8.25. The van der Waals surface area contributed by atoms with E-state index in [1.165, 1.54) is 12.3 Å². The standard InChI is InChI=1S/C25H23FN2O4/c1-2-31-21-11-15(7-10-20(21)32-14-18-5-3-4-6-19(18)26)13-27-28-24(29)22-16-8-9-17(12-16)23(22)25(28)30/h3-11,13,16-17,22-23H,2,12,14H2,1H3. The molecule has 1 saturated carbocycles. The molecule has 0 N–H and O–H groups in total. The summed E-state index contributed by atoms with van der Waals surface area (Å²) < 4.78 is 25.3. The van der Waals surface area contributed by atoms with Crippen molar-refractivity contribution in [1.29, 1.82) is 0 Å². The molecule has 0 aromatic heterocycles. The van der Waals surface area contributed by atoms with E-state index < -0.39 is 0 Å². The molecule has 2 aliphatic carbocycles. The first kappa shape index (κ1) is 20.4. The molecule has 7 heteroatoms. The van der Waals surface area contributed by atoms with E-state index in [1.54, 1.807) is 36.4 Å². The quantitative estimate of drug-likeness (QED) is 0.376. The summed E-state index contributed by atoms with van der Waals surface area (Å²) in [6.07, 6.45) is 6.48. The third-order valence-corrected chi connectivity index (χ3v) is 6.38. The highest BCUT2D eigenvalue weighted by Gasteiger charge is 2.59. The SMILES string of the molecule is CCOc1cc(C=NN2C(=O)C3C4C=CC(C4)C3C2=O)ccc1OCc1ccccc1F. The summed E-state index contributed by atoms with van der Waals surface area (Å²) in [5, 5.41) is 5.22. The van der Waals surface area contributed by atoms with E-state index in [0.717, 1.165) is 11.4 Å². The van der Waals surface area contributed by atoms with Gasteiger partial charge in [0.25, 0.3) is 11.8 Å². The van der Waals surface area contributed by atoms with Crippen LogP contribution < -0.4 is 9.47 Å². The summed E-state index contributed by atoms with van der Waals surface area (Å²) in [5.41, 5.74) is 1.10. The number of fused-ring (bicyclic) bond motifs is 5. The number of rotatable bonds is 7. The molecule has 4 unspecified atom stereocenters. The van der Waals surface area contributed by atoms with Crippen molar-refractivity contribution >= 4 is 18.0 Å². The smallest absolute Gasteiger partial charge is 0.254 e. The van der Waals surface area contributed by atoms with Crippen LogP contribution in [0.2, 0.25) is 0 Å². The van der Waals surface area contributed by atoms with Gasteiger partial charge in [0.05, 0.1) is 24.7 Å². The number of hydrogen-bond donors (Lipinski definition) is 0. The van der Waals surface area contributed by atoms with Gasteiger partial charge in [0.2, 0.25) is 0 Å². The molecule has 0 radical (unpaired) electrons. The molecule has 1 aliphatic heterocycles. The highest BCUT2D eigenvalue weighted by Crippen LogP contribution is 2.52. The number of nitrogens with zero attached hydrogens (tertiary/aromatic N) is 2. The zero-order valence-corrected chi connectivity index (χ0v) is 17.6. The Morgan fingerprint density at radius 3 is 2.44 bits per heavy atom. The number of ether oxygens (including phenoxy) is 2. The minimum absolute atomic E-state index is 0.0656. The third kappa shape index (κ3) is 3.47. The van der Waals surface area contributed by atoms with Gasteiger partial charge in [-0.3, -0.25) is 9.59 Å². The van der Waals surface area contributed by atoms with Crippen molar-refractivity contribution in [3.8, 4) is 11.5 Å². The second-order valence-corrected chi connectivity index (χ2v) is 8.25.